The van der Waals surface area contributed by atoms with Gasteiger partial charge in [-0.05, 0) is 43.3 Å². The number of carbonyl (C=O) groups excluding carboxylic acids is 3. The average Bonchev–Trinajstić information content (AvgIpc) is 2.62. The Bertz CT molecular complexity index is 771. The molecular weight excluding hydrogens is 324 g/mol. The molecule has 0 aliphatic carbocycles. The fourth-order valence-electron chi connectivity index (χ4n) is 1.98. The van der Waals surface area contributed by atoms with Crippen LogP contribution in [0.1, 0.15) is 17.3 Å². The van der Waals surface area contributed by atoms with Crippen LogP contribution in [0.5, 0.6) is 5.75 Å². The summed E-state index contributed by atoms with van der Waals surface area (Å²) in [5.41, 5.74) is 1.19. The van der Waals surface area contributed by atoms with Crippen molar-refractivity contribution in [2.24, 2.45) is 0 Å². The van der Waals surface area contributed by atoms with Gasteiger partial charge in [0.05, 0.1) is 19.3 Å². The molecule has 2 N–H and O–H groups in total. The van der Waals surface area contributed by atoms with E-state index in [1.807, 2.05) is 0 Å². The van der Waals surface area contributed by atoms with Crippen LogP contribution in [-0.2, 0) is 14.3 Å². The van der Waals surface area contributed by atoms with Gasteiger partial charge in [0.25, 0.3) is 0 Å². The summed E-state index contributed by atoms with van der Waals surface area (Å²) in [5.74, 6) is -1.53. The van der Waals surface area contributed by atoms with E-state index in [0.29, 0.717) is 22.7 Å². The van der Waals surface area contributed by atoms with Gasteiger partial charge in [0.2, 0.25) is 0 Å². The molecule has 0 aliphatic heterocycles. The van der Waals surface area contributed by atoms with Gasteiger partial charge >= 0.3 is 17.8 Å². The molecule has 0 fully saturated rings. The molecular formula is C18H18N2O5. The molecule has 0 heterocycles. The van der Waals surface area contributed by atoms with Crippen LogP contribution in [-0.4, -0.2) is 31.5 Å². The molecule has 2 aromatic carbocycles. The van der Waals surface area contributed by atoms with E-state index >= 15 is 0 Å². The molecule has 0 atom stereocenters. The van der Waals surface area contributed by atoms with E-state index < -0.39 is 17.8 Å². The number of carbonyl (C=O) groups is 3. The zero-order valence-electron chi connectivity index (χ0n) is 13.9. The van der Waals surface area contributed by atoms with Crippen LogP contribution in [0.25, 0.3) is 0 Å². The molecule has 0 radical (unpaired) electrons. The van der Waals surface area contributed by atoms with Crippen molar-refractivity contribution in [1.82, 2.24) is 0 Å². The summed E-state index contributed by atoms with van der Waals surface area (Å²) in [6, 6.07) is 12.7. The van der Waals surface area contributed by atoms with Gasteiger partial charge in [-0.15, -0.1) is 0 Å². The van der Waals surface area contributed by atoms with Gasteiger partial charge in [0.1, 0.15) is 5.75 Å². The Kier molecular flexibility index (Phi) is 6.11. The lowest BCUT2D eigenvalue weighted by atomic mass is 10.2. The summed E-state index contributed by atoms with van der Waals surface area (Å²) in [4.78, 5) is 35.4. The maximum Gasteiger partial charge on any atom is 0.338 e. The molecule has 7 heteroatoms. The Hall–Kier alpha value is -3.35. The van der Waals surface area contributed by atoms with Crippen LogP contribution >= 0.6 is 0 Å². The molecule has 0 bridgehead atoms. The minimum absolute atomic E-state index is 0.280. The minimum atomic E-state index is -0.827. The molecule has 2 rings (SSSR count). The molecule has 130 valence electrons. The standard InChI is InChI=1S/C18H18N2O5/c1-3-25-18(23)12-7-9-13(10-8-12)19-16(21)17(22)20-14-5-4-6-15(11-14)24-2/h4-11H,3H2,1-2H3,(H,19,21)(H,20,22). The highest BCUT2D eigenvalue weighted by molar-refractivity contribution is 6.43. The zero-order valence-corrected chi connectivity index (χ0v) is 13.9. The van der Waals surface area contributed by atoms with Gasteiger partial charge in [-0.3, -0.25) is 9.59 Å². The highest BCUT2D eigenvalue weighted by atomic mass is 16.5. The van der Waals surface area contributed by atoms with E-state index in [2.05, 4.69) is 10.6 Å². The molecule has 0 saturated carbocycles. The number of nitrogens with one attached hydrogen (secondary N) is 2. The SMILES string of the molecule is CCOC(=O)c1ccc(NC(=O)C(=O)Nc2cccc(OC)c2)cc1. The number of ether oxygens (including phenoxy) is 2. The maximum absolute atomic E-state index is 11.9. The molecule has 0 saturated heterocycles. The summed E-state index contributed by atoms with van der Waals surface area (Å²) in [5, 5.41) is 4.93. The van der Waals surface area contributed by atoms with Crippen molar-refractivity contribution in [3.05, 3.63) is 54.1 Å². The van der Waals surface area contributed by atoms with Crippen molar-refractivity contribution in [3.8, 4) is 5.75 Å². The molecule has 25 heavy (non-hydrogen) atoms. The largest absolute Gasteiger partial charge is 0.497 e. The predicted octanol–water partition coefficient (Wildman–Crippen LogP) is 2.45. The number of rotatable bonds is 5. The third-order valence-corrected chi connectivity index (χ3v) is 3.19. The monoisotopic (exact) mass is 342 g/mol. The fraction of sp³-hybridized carbons (Fsp3) is 0.167. The maximum atomic E-state index is 11.9. The lowest BCUT2D eigenvalue weighted by Gasteiger charge is -2.08. The quantitative estimate of drug-likeness (QED) is 0.643. The van der Waals surface area contributed by atoms with Crippen molar-refractivity contribution < 1.29 is 23.9 Å². The lowest BCUT2D eigenvalue weighted by molar-refractivity contribution is -0.132. The van der Waals surface area contributed by atoms with Crippen molar-refractivity contribution in [1.29, 1.82) is 0 Å². The summed E-state index contributed by atoms with van der Waals surface area (Å²) in [7, 11) is 1.51. The minimum Gasteiger partial charge on any atom is -0.497 e. The normalized spacial score (nSPS) is 9.84. The molecule has 2 amide bonds. The van der Waals surface area contributed by atoms with Crippen LogP contribution < -0.4 is 15.4 Å². The van der Waals surface area contributed by atoms with Gasteiger partial charge < -0.3 is 20.1 Å². The number of esters is 1. The second kappa shape index (κ2) is 8.49. The highest BCUT2D eigenvalue weighted by Crippen LogP contribution is 2.17. The number of hydrogen-bond acceptors (Lipinski definition) is 5. The van der Waals surface area contributed by atoms with Gasteiger partial charge in [-0.1, -0.05) is 6.07 Å². The van der Waals surface area contributed by atoms with E-state index in [4.69, 9.17) is 9.47 Å². The highest BCUT2D eigenvalue weighted by Gasteiger charge is 2.15. The van der Waals surface area contributed by atoms with Gasteiger partial charge in [-0.2, -0.15) is 0 Å². The van der Waals surface area contributed by atoms with Crippen molar-refractivity contribution >= 4 is 29.2 Å². The topological polar surface area (TPSA) is 93.7 Å². The number of methoxy groups -OCH3 is 1. The number of amides is 2. The van der Waals surface area contributed by atoms with Crippen molar-refractivity contribution in [2.75, 3.05) is 24.4 Å². The Morgan fingerprint density at radius 1 is 0.920 bits per heavy atom. The fourth-order valence-corrected chi connectivity index (χ4v) is 1.98. The summed E-state index contributed by atoms with van der Waals surface area (Å²) < 4.78 is 9.92. The molecule has 7 nitrogen and oxygen atoms in total. The first-order valence-corrected chi connectivity index (χ1v) is 7.57. The summed E-state index contributed by atoms with van der Waals surface area (Å²) in [6.45, 7) is 2.00. The first-order chi connectivity index (χ1) is 12.0. The average molecular weight is 342 g/mol. The van der Waals surface area contributed by atoms with Crippen LogP contribution in [0.15, 0.2) is 48.5 Å². The molecule has 0 unspecified atom stereocenters. The molecule has 0 spiro atoms. The molecule has 2 aromatic rings. The van der Waals surface area contributed by atoms with E-state index in [9.17, 15) is 14.4 Å². The second-order valence-electron chi connectivity index (χ2n) is 4.94. The third-order valence-electron chi connectivity index (χ3n) is 3.19. The van der Waals surface area contributed by atoms with E-state index in [-0.39, 0.29) is 6.61 Å². The van der Waals surface area contributed by atoms with E-state index in [1.54, 1.807) is 31.2 Å². The van der Waals surface area contributed by atoms with Crippen LogP contribution in [0, 0.1) is 0 Å². The number of hydrogen-bond donors (Lipinski definition) is 2. The molecule has 0 aromatic heterocycles. The zero-order chi connectivity index (χ0) is 18.2. The van der Waals surface area contributed by atoms with Crippen LogP contribution in [0.3, 0.4) is 0 Å². The van der Waals surface area contributed by atoms with Crippen LogP contribution in [0.2, 0.25) is 0 Å². The Morgan fingerprint density at radius 2 is 1.56 bits per heavy atom. The smallest absolute Gasteiger partial charge is 0.338 e. The van der Waals surface area contributed by atoms with E-state index in [0.717, 1.165) is 0 Å². The number of benzene rings is 2. The Balaban J connectivity index is 1.96. The van der Waals surface area contributed by atoms with Crippen molar-refractivity contribution in [3.63, 3.8) is 0 Å². The van der Waals surface area contributed by atoms with Gasteiger partial charge in [0, 0.05) is 17.4 Å². The molecule has 0 aliphatic rings. The number of anilines is 2. The Morgan fingerprint density at radius 3 is 2.16 bits per heavy atom. The van der Waals surface area contributed by atoms with E-state index in [1.165, 1.54) is 31.4 Å². The predicted molar refractivity (Wildman–Crippen MR) is 92.7 cm³/mol. The second-order valence-corrected chi connectivity index (χ2v) is 4.94. The summed E-state index contributed by atoms with van der Waals surface area (Å²) >= 11 is 0. The lowest BCUT2D eigenvalue weighted by Crippen LogP contribution is -2.29. The van der Waals surface area contributed by atoms with Gasteiger partial charge in [0.15, 0.2) is 0 Å². The van der Waals surface area contributed by atoms with Gasteiger partial charge in [-0.25, -0.2) is 4.79 Å². The Labute approximate surface area is 144 Å². The first kappa shape index (κ1) is 18.0. The first-order valence-electron chi connectivity index (χ1n) is 7.57. The van der Waals surface area contributed by atoms with Crippen LogP contribution in [0.4, 0.5) is 11.4 Å². The van der Waals surface area contributed by atoms with Crippen molar-refractivity contribution in [2.45, 2.75) is 6.92 Å². The summed E-state index contributed by atoms with van der Waals surface area (Å²) in [6.07, 6.45) is 0. The third kappa shape index (κ3) is 5.07.